The van der Waals surface area contributed by atoms with Crippen LogP contribution in [-0.4, -0.2) is 37.0 Å². The number of hydrogen-bond acceptors (Lipinski definition) is 9. The van der Waals surface area contributed by atoms with Crippen LogP contribution in [0.2, 0.25) is 0 Å². The SMILES string of the molecule is COc1cc(/C=C(/C#N)C(=O)Nc2nc(S(C)(=O)=O)ns2)ccc1OCc1cccc2ccccc12. The van der Waals surface area contributed by atoms with E-state index in [2.05, 4.69) is 14.7 Å². The van der Waals surface area contributed by atoms with Gasteiger partial charge in [0.15, 0.2) is 11.5 Å². The average Bonchev–Trinajstić information content (AvgIpc) is 3.35. The Morgan fingerprint density at radius 2 is 1.92 bits per heavy atom. The van der Waals surface area contributed by atoms with E-state index in [0.717, 1.165) is 22.6 Å². The van der Waals surface area contributed by atoms with Gasteiger partial charge in [-0.1, -0.05) is 48.5 Å². The second-order valence-corrected chi connectivity index (χ2v) is 10.3. The molecule has 0 aliphatic rings. The molecule has 0 atom stereocenters. The number of carbonyl (C=O) groups excluding carboxylic acids is 1. The summed E-state index contributed by atoms with van der Waals surface area (Å²) in [6.45, 7) is 0.329. The van der Waals surface area contributed by atoms with Gasteiger partial charge in [0.25, 0.3) is 11.1 Å². The van der Waals surface area contributed by atoms with Crippen molar-refractivity contribution in [3.63, 3.8) is 0 Å². The molecule has 0 aliphatic carbocycles. The molecule has 0 bridgehead atoms. The van der Waals surface area contributed by atoms with E-state index in [9.17, 15) is 18.5 Å². The summed E-state index contributed by atoms with van der Waals surface area (Å²) in [6.07, 6.45) is 2.34. The summed E-state index contributed by atoms with van der Waals surface area (Å²) in [7, 11) is -2.11. The molecule has 1 aromatic heterocycles. The van der Waals surface area contributed by atoms with Crippen molar-refractivity contribution >= 4 is 49.3 Å². The van der Waals surface area contributed by atoms with Gasteiger partial charge in [-0.3, -0.25) is 10.1 Å². The first-order chi connectivity index (χ1) is 17.3. The molecule has 0 saturated heterocycles. The number of nitriles is 1. The smallest absolute Gasteiger partial charge is 0.268 e. The Morgan fingerprint density at radius 3 is 2.64 bits per heavy atom. The standard InChI is InChI=1S/C25H20N4O5S2/c1-33-22-13-16(12-19(14-26)23(30)27-24-28-25(29-35-24)36(2,31)32)10-11-21(22)34-15-18-8-5-7-17-6-3-4-9-20(17)18/h3-13H,15H2,1-2H3,(H,27,28,29,30)/b19-12-. The Balaban J connectivity index is 1.51. The van der Waals surface area contributed by atoms with Gasteiger partial charge in [0, 0.05) is 17.8 Å². The van der Waals surface area contributed by atoms with Crippen LogP contribution in [0.1, 0.15) is 11.1 Å². The van der Waals surface area contributed by atoms with Crippen LogP contribution in [0.25, 0.3) is 16.8 Å². The Hall–Kier alpha value is -4.27. The molecule has 9 nitrogen and oxygen atoms in total. The monoisotopic (exact) mass is 520 g/mol. The van der Waals surface area contributed by atoms with Crippen LogP contribution in [0.15, 0.2) is 71.4 Å². The third-order valence-electron chi connectivity index (χ3n) is 5.09. The number of amides is 1. The minimum atomic E-state index is -3.61. The Morgan fingerprint density at radius 1 is 1.14 bits per heavy atom. The van der Waals surface area contributed by atoms with Crippen LogP contribution in [-0.2, 0) is 21.2 Å². The number of benzene rings is 3. The summed E-state index contributed by atoms with van der Waals surface area (Å²) >= 11 is 0.706. The zero-order valence-corrected chi connectivity index (χ0v) is 20.9. The molecule has 1 N–H and O–H groups in total. The number of aromatic nitrogens is 2. The second-order valence-electron chi connectivity index (χ2n) is 7.62. The van der Waals surface area contributed by atoms with Crippen molar-refractivity contribution in [2.24, 2.45) is 0 Å². The number of fused-ring (bicyclic) bond motifs is 1. The van der Waals surface area contributed by atoms with E-state index in [1.54, 1.807) is 18.2 Å². The van der Waals surface area contributed by atoms with Crippen molar-refractivity contribution < 1.29 is 22.7 Å². The predicted molar refractivity (Wildman–Crippen MR) is 137 cm³/mol. The van der Waals surface area contributed by atoms with Crippen molar-refractivity contribution in [3.8, 4) is 17.6 Å². The number of nitrogens with zero attached hydrogens (tertiary/aromatic N) is 3. The highest BCUT2D eigenvalue weighted by Crippen LogP contribution is 2.30. The van der Waals surface area contributed by atoms with Crippen LogP contribution in [0.5, 0.6) is 11.5 Å². The maximum Gasteiger partial charge on any atom is 0.268 e. The minimum absolute atomic E-state index is 0.0312. The van der Waals surface area contributed by atoms with E-state index in [1.165, 1.54) is 13.2 Å². The highest BCUT2D eigenvalue weighted by atomic mass is 32.2. The molecule has 4 rings (SSSR count). The lowest BCUT2D eigenvalue weighted by Crippen LogP contribution is -2.13. The molecule has 0 fully saturated rings. The summed E-state index contributed by atoms with van der Waals surface area (Å²) in [4.78, 5) is 16.3. The van der Waals surface area contributed by atoms with E-state index in [-0.39, 0.29) is 10.7 Å². The zero-order chi connectivity index (χ0) is 25.7. The third kappa shape index (κ3) is 5.68. The number of hydrogen-bond donors (Lipinski definition) is 1. The lowest BCUT2D eigenvalue weighted by atomic mass is 10.1. The zero-order valence-electron chi connectivity index (χ0n) is 19.3. The van der Waals surface area contributed by atoms with Crippen molar-refractivity contribution in [2.45, 2.75) is 11.8 Å². The second kappa shape index (κ2) is 10.6. The average molecular weight is 521 g/mol. The molecule has 11 heteroatoms. The molecule has 0 unspecified atom stereocenters. The van der Waals surface area contributed by atoms with Crippen molar-refractivity contribution in [1.29, 1.82) is 5.26 Å². The molecule has 36 heavy (non-hydrogen) atoms. The quantitative estimate of drug-likeness (QED) is 0.270. The third-order valence-corrected chi connectivity index (χ3v) is 6.68. The van der Waals surface area contributed by atoms with E-state index in [4.69, 9.17) is 9.47 Å². The molecule has 3 aromatic carbocycles. The molecule has 1 heterocycles. The topological polar surface area (TPSA) is 131 Å². The van der Waals surface area contributed by atoms with E-state index >= 15 is 0 Å². The molecular formula is C25H20N4O5S2. The van der Waals surface area contributed by atoms with Gasteiger partial charge in [-0.25, -0.2) is 8.42 Å². The van der Waals surface area contributed by atoms with Crippen LogP contribution in [0.4, 0.5) is 5.13 Å². The lowest BCUT2D eigenvalue weighted by Gasteiger charge is -2.13. The molecule has 4 aromatic rings. The van der Waals surface area contributed by atoms with Crippen molar-refractivity contribution in [3.05, 3.63) is 77.4 Å². The summed E-state index contributed by atoms with van der Waals surface area (Å²) in [6, 6.07) is 20.9. The fourth-order valence-electron chi connectivity index (χ4n) is 3.36. The number of ether oxygens (including phenoxy) is 2. The Labute approximate surface area is 211 Å². The van der Waals surface area contributed by atoms with Gasteiger partial charge in [0.05, 0.1) is 7.11 Å². The predicted octanol–water partition coefficient (Wildman–Crippen LogP) is 4.23. The normalized spacial score (nSPS) is 11.6. The molecule has 0 spiro atoms. The van der Waals surface area contributed by atoms with E-state index in [0.29, 0.717) is 35.2 Å². The largest absolute Gasteiger partial charge is 0.493 e. The van der Waals surface area contributed by atoms with Crippen LogP contribution < -0.4 is 14.8 Å². The highest BCUT2D eigenvalue weighted by Gasteiger charge is 2.18. The molecule has 0 aliphatic heterocycles. The van der Waals surface area contributed by atoms with Gasteiger partial charge >= 0.3 is 0 Å². The van der Waals surface area contributed by atoms with Crippen LogP contribution in [0, 0.1) is 11.3 Å². The first-order valence-electron chi connectivity index (χ1n) is 10.5. The van der Waals surface area contributed by atoms with E-state index < -0.39 is 20.9 Å². The van der Waals surface area contributed by atoms with Crippen LogP contribution in [0.3, 0.4) is 0 Å². The van der Waals surface area contributed by atoms with Gasteiger partial charge < -0.3 is 9.47 Å². The summed E-state index contributed by atoms with van der Waals surface area (Å²) in [5, 5.41) is 13.7. The van der Waals surface area contributed by atoms with Gasteiger partial charge in [-0.05, 0) is 40.1 Å². The molecule has 0 saturated carbocycles. The van der Waals surface area contributed by atoms with Crippen LogP contribution >= 0.6 is 11.5 Å². The lowest BCUT2D eigenvalue weighted by molar-refractivity contribution is -0.112. The summed E-state index contributed by atoms with van der Waals surface area (Å²) < 4.78 is 38.2. The van der Waals surface area contributed by atoms with Crippen molar-refractivity contribution in [2.75, 3.05) is 18.7 Å². The number of rotatable bonds is 8. The number of methoxy groups -OCH3 is 1. The van der Waals surface area contributed by atoms with Crippen molar-refractivity contribution in [1.82, 2.24) is 9.36 Å². The number of carbonyl (C=O) groups is 1. The Bertz CT molecular complexity index is 1620. The van der Waals surface area contributed by atoms with E-state index in [1.807, 2.05) is 48.5 Å². The molecule has 1 amide bonds. The number of nitrogens with one attached hydrogen (secondary N) is 1. The summed E-state index contributed by atoms with van der Waals surface area (Å²) in [5.41, 5.74) is 1.35. The fraction of sp³-hybridized carbons (Fsp3) is 0.120. The Kier molecular flexibility index (Phi) is 7.28. The number of anilines is 1. The minimum Gasteiger partial charge on any atom is -0.493 e. The maximum atomic E-state index is 12.5. The molecule has 182 valence electrons. The fourth-order valence-corrected chi connectivity index (χ4v) is 4.80. The van der Waals surface area contributed by atoms with Gasteiger partial charge in [-0.2, -0.15) is 14.6 Å². The summed E-state index contributed by atoms with van der Waals surface area (Å²) in [5.74, 6) is 0.195. The van der Waals surface area contributed by atoms with Gasteiger partial charge in [0.2, 0.25) is 15.0 Å². The molecular weight excluding hydrogens is 500 g/mol. The van der Waals surface area contributed by atoms with Gasteiger partial charge in [-0.15, -0.1) is 0 Å². The van der Waals surface area contributed by atoms with Gasteiger partial charge in [0.1, 0.15) is 18.2 Å². The first-order valence-corrected chi connectivity index (χ1v) is 13.2. The number of sulfone groups is 1. The highest BCUT2D eigenvalue weighted by molar-refractivity contribution is 7.90. The molecule has 0 radical (unpaired) electrons. The first kappa shape index (κ1) is 24.8. The maximum absolute atomic E-state index is 12.5.